The molecule has 2 amide bonds. The number of amides is 2. The van der Waals surface area contributed by atoms with Gasteiger partial charge in [-0.15, -0.1) is 0 Å². The molecule has 7 heteroatoms. The molecule has 6 nitrogen and oxygen atoms in total. The monoisotopic (exact) mass is 394 g/mol. The van der Waals surface area contributed by atoms with Crippen LogP contribution in [0.4, 0.5) is 0 Å². The molecule has 1 aromatic carbocycles. The average Bonchev–Trinajstić information content (AvgIpc) is 2.61. The van der Waals surface area contributed by atoms with Gasteiger partial charge in [0.05, 0.1) is 4.90 Å². The van der Waals surface area contributed by atoms with Gasteiger partial charge in [-0.2, -0.15) is 0 Å². The van der Waals surface area contributed by atoms with Crippen LogP contribution in [0.1, 0.15) is 67.8 Å². The molecule has 1 aliphatic rings. The van der Waals surface area contributed by atoms with Crippen LogP contribution < -0.4 is 10.6 Å². The highest BCUT2D eigenvalue weighted by atomic mass is 32.2. The Bertz CT molecular complexity index is 796. The van der Waals surface area contributed by atoms with E-state index in [4.69, 9.17) is 0 Å². The van der Waals surface area contributed by atoms with E-state index < -0.39 is 21.3 Å². The molecule has 0 heterocycles. The average molecular weight is 395 g/mol. The number of unbranched alkanes of at least 4 members (excludes halogenated alkanes) is 1. The zero-order valence-corrected chi connectivity index (χ0v) is 17.2. The van der Waals surface area contributed by atoms with Crippen LogP contribution in [-0.2, 0) is 14.6 Å². The summed E-state index contributed by atoms with van der Waals surface area (Å²) in [5.74, 6) is -0.536. The maximum Gasteiger partial charge on any atom is 0.252 e. The molecule has 27 heavy (non-hydrogen) atoms. The van der Waals surface area contributed by atoms with Gasteiger partial charge >= 0.3 is 0 Å². The van der Waals surface area contributed by atoms with Crippen LogP contribution in [0.2, 0.25) is 0 Å². The van der Waals surface area contributed by atoms with Gasteiger partial charge < -0.3 is 10.6 Å². The Morgan fingerprint density at radius 1 is 1.15 bits per heavy atom. The molecular weight excluding hydrogens is 364 g/mol. The zero-order valence-electron chi connectivity index (χ0n) is 16.4. The first-order valence-electron chi connectivity index (χ1n) is 9.61. The molecule has 2 N–H and O–H groups in total. The van der Waals surface area contributed by atoms with Crippen molar-refractivity contribution < 1.29 is 18.0 Å². The summed E-state index contributed by atoms with van der Waals surface area (Å²) in [7, 11) is -3.41. The van der Waals surface area contributed by atoms with Crippen molar-refractivity contribution in [3.63, 3.8) is 0 Å². The van der Waals surface area contributed by atoms with E-state index in [1.165, 1.54) is 12.1 Å². The Hall–Kier alpha value is -1.89. The number of hydrogen-bond acceptors (Lipinski definition) is 4. The maximum atomic E-state index is 13.0. The topological polar surface area (TPSA) is 92.3 Å². The van der Waals surface area contributed by atoms with Gasteiger partial charge in [0.2, 0.25) is 5.91 Å². The van der Waals surface area contributed by atoms with Crippen molar-refractivity contribution in [3.8, 4) is 0 Å². The van der Waals surface area contributed by atoms with E-state index >= 15 is 0 Å². The Morgan fingerprint density at radius 3 is 2.41 bits per heavy atom. The van der Waals surface area contributed by atoms with Crippen LogP contribution in [0.25, 0.3) is 0 Å². The summed E-state index contributed by atoms with van der Waals surface area (Å²) in [5, 5.41) is 5.90. The van der Waals surface area contributed by atoms with E-state index in [2.05, 4.69) is 17.6 Å². The van der Waals surface area contributed by atoms with Gasteiger partial charge in [0.15, 0.2) is 9.84 Å². The fourth-order valence-electron chi connectivity index (χ4n) is 3.47. The molecule has 1 saturated carbocycles. The number of nitrogens with one attached hydrogen (secondary N) is 2. The summed E-state index contributed by atoms with van der Waals surface area (Å²) >= 11 is 0. The Balaban J connectivity index is 2.27. The van der Waals surface area contributed by atoms with E-state index in [-0.39, 0.29) is 10.8 Å². The molecule has 1 fully saturated rings. The molecule has 0 bridgehead atoms. The first kappa shape index (κ1) is 21.4. The third-order valence-corrected chi connectivity index (χ3v) is 6.30. The Morgan fingerprint density at radius 2 is 1.81 bits per heavy atom. The second-order valence-electron chi connectivity index (χ2n) is 7.46. The smallest absolute Gasteiger partial charge is 0.252 e. The predicted molar refractivity (Wildman–Crippen MR) is 105 cm³/mol. The first-order valence-corrected chi connectivity index (χ1v) is 11.5. The van der Waals surface area contributed by atoms with Crippen LogP contribution in [0.3, 0.4) is 0 Å². The number of rotatable bonds is 7. The number of sulfone groups is 1. The fourth-order valence-corrected chi connectivity index (χ4v) is 4.12. The Labute approximate surface area is 162 Å². The molecule has 0 saturated heterocycles. The van der Waals surface area contributed by atoms with E-state index in [1.54, 1.807) is 13.0 Å². The SMILES string of the molecule is CCCCNC(=O)C1(NC(=O)c2cc(S(C)(=O)=O)ccc2C)CCCCC1. The van der Waals surface area contributed by atoms with E-state index in [9.17, 15) is 18.0 Å². The summed E-state index contributed by atoms with van der Waals surface area (Å²) < 4.78 is 23.7. The van der Waals surface area contributed by atoms with Crippen molar-refractivity contribution in [2.75, 3.05) is 12.8 Å². The van der Waals surface area contributed by atoms with Crippen LogP contribution >= 0.6 is 0 Å². The first-order chi connectivity index (χ1) is 12.7. The molecule has 1 aliphatic carbocycles. The van der Waals surface area contributed by atoms with Gasteiger partial charge in [0.1, 0.15) is 5.54 Å². The lowest BCUT2D eigenvalue weighted by Gasteiger charge is -2.36. The second-order valence-corrected chi connectivity index (χ2v) is 9.47. The highest BCUT2D eigenvalue weighted by molar-refractivity contribution is 7.90. The Kier molecular flexibility index (Phi) is 7.03. The highest BCUT2D eigenvalue weighted by Crippen LogP contribution is 2.29. The number of carbonyl (C=O) groups excluding carboxylic acids is 2. The summed E-state index contributed by atoms with van der Waals surface area (Å²) in [4.78, 5) is 25.9. The molecule has 0 unspecified atom stereocenters. The van der Waals surface area contributed by atoms with Gasteiger partial charge in [-0.25, -0.2) is 8.42 Å². The van der Waals surface area contributed by atoms with E-state index in [1.807, 2.05) is 0 Å². The predicted octanol–water partition coefficient (Wildman–Crippen LogP) is 2.75. The molecule has 150 valence electrons. The third kappa shape index (κ3) is 5.31. The number of carbonyl (C=O) groups is 2. The maximum absolute atomic E-state index is 13.0. The van der Waals surface area contributed by atoms with Gasteiger partial charge in [0, 0.05) is 18.4 Å². The summed E-state index contributed by atoms with van der Waals surface area (Å²) in [6.45, 7) is 4.41. The zero-order chi connectivity index (χ0) is 20.1. The summed E-state index contributed by atoms with van der Waals surface area (Å²) in [6, 6.07) is 4.51. The highest BCUT2D eigenvalue weighted by Gasteiger charge is 2.41. The lowest BCUT2D eigenvalue weighted by molar-refractivity contribution is -0.128. The summed E-state index contributed by atoms with van der Waals surface area (Å²) in [5.41, 5.74) is 0.0536. The van der Waals surface area contributed by atoms with Gasteiger partial charge in [-0.3, -0.25) is 9.59 Å². The fraction of sp³-hybridized carbons (Fsp3) is 0.600. The standard InChI is InChI=1S/C20H30N2O4S/c1-4-5-13-21-19(24)20(11-7-6-8-12-20)22-18(23)17-14-16(27(3,25)26)10-9-15(17)2/h9-10,14H,4-8,11-13H2,1-3H3,(H,21,24)(H,22,23). The lowest BCUT2D eigenvalue weighted by Crippen LogP contribution is -2.59. The molecule has 2 rings (SSSR count). The van der Waals surface area contributed by atoms with E-state index in [0.29, 0.717) is 30.5 Å². The molecule has 0 aromatic heterocycles. The molecule has 0 atom stereocenters. The van der Waals surface area contributed by atoms with Crippen LogP contribution in [0, 0.1) is 6.92 Å². The van der Waals surface area contributed by atoms with Gasteiger partial charge in [-0.1, -0.05) is 38.7 Å². The molecular formula is C20H30N2O4S. The minimum absolute atomic E-state index is 0.100. The van der Waals surface area contributed by atoms with E-state index in [0.717, 1.165) is 38.4 Å². The normalized spacial score (nSPS) is 16.6. The van der Waals surface area contributed by atoms with Crippen molar-refractivity contribution >= 4 is 21.7 Å². The van der Waals surface area contributed by atoms with Gasteiger partial charge in [0.25, 0.3) is 5.91 Å². The number of benzene rings is 1. The van der Waals surface area contributed by atoms with Crippen molar-refractivity contribution in [2.45, 2.75) is 69.2 Å². The largest absolute Gasteiger partial charge is 0.354 e. The van der Waals surface area contributed by atoms with Crippen molar-refractivity contribution in [1.82, 2.24) is 10.6 Å². The minimum Gasteiger partial charge on any atom is -0.354 e. The van der Waals surface area contributed by atoms with Crippen molar-refractivity contribution in [1.29, 1.82) is 0 Å². The molecule has 0 aliphatic heterocycles. The minimum atomic E-state index is -3.41. The summed E-state index contributed by atoms with van der Waals surface area (Å²) in [6.07, 6.45) is 6.99. The van der Waals surface area contributed by atoms with Crippen LogP contribution in [0.15, 0.2) is 23.1 Å². The number of aryl methyl sites for hydroxylation is 1. The lowest BCUT2D eigenvalue weighted by atomic mass is 9.80. The molecule has 1 aromatic rings. The van der Waals surface area contributed by atoms with Crippen molar-refractivity contribution in [3.05, 3.63) is 29.3 Å². The quantitative estimate of drug-likeness (QED) is 0.696. The molecule has 0 radical (unpaired) electrons. The molecule has 0 spiro atoms. The number of hydrogen-bond donors (Lipinski definition) is 2. The van der Waals surface area contributed by atoms with Gasteiger partial charge in [-0.05, 0) is 43.9 Å². The second kappa shape index (κ2) is 8.87. The third-order valence-electron chi connectivity index (χ3n) is 5.19. The van der Waals surface area contributed by atoms with Crippen LogP contribution in [-0.4, -0.2) is 38.6 Å². The van der Waals surface area contributed by atoms with Crippen LogP contribution in [0.5, 0.6) is 0 Å². The van der Waals surface area contributed by atoms with Crippen molar-refractivity contribution in [2.24, 2.45) is 0 Å².